The number of rotatable bonds is 6. The molecule has 1 heterocycles. The highest BCUT2D eigenvalue weighted by Gasteiger charge is 2.31. The van der Waals surface area contributed by atoms with E-state index >= 15 is 0 Å². The number of non-ortho nitro benzene ring substituents is 1. The second-order valence-electron chi connectivity index (χ2n) is 5.35. The van der Waals surface area contributed by atoms with Crippen molar-refractivity contribution in [2.75, 3.05) is 26.3 Å². The molecule has 0 aromatic heterocycles. The minimum Gasteiger partial charge on any atom is -0.381 e. The van der Waals surface area contributed by atoms with E-state index in [1.165, 1.54) is 24.3 Å². The largest absolute Gasteiger partial charge is 0.381 e. The van der Waals surface area contributed by atoms with Gasteiger partial charge in [0.2, 0.25) is 0 Å². The Hall–Kier alpha value is -1.99. The van der Waals surface area contributed by atoms with E-state index in [4.69, 9.17) is 4.74 Å². The topological polar surface area (TPSA) is 92.9 Å². The predicted octanol–water partition coefficient (Wildman–Crippen LogP) is 1.51. The molecule has 1 aliphatic heterocycles. The molecular formula is C15H20N2O5. The number of nitrogens with zero attached hydrogens (tertiary/aromatic N) is 2. The molecule has 0 spiro atoms. The van der Waals surface area contributed by atoms with E-state index in [0.29, 0.717) is 26.3 Å². The maximum Gasteiger partial charge on any atom is 0.269 e. The Balaban J connectivity index is 2.00. The van der Waals surface area contributed by atoms with Crippen molar-refractivity contribution in [1.29, 1.82) is 0 Å². The predicted molar refractivity (Wildman–Crippen MR) is 79.2 cm³/mol. The number of likely N-dealkylation sites (tertiary alicyclic amines) is 1. The third-order valence-electron chi connectivity index (χ3n) is 3.79. The van der Waals surface area contributed by atoms with Crippen molar-refractivity contribution >= 4 is 11.6 Å². The zero-order valence-corrected chi connectivity index (χ0v) is 12.5. The fraction of sp³-hybridized carbons (Fsp3) is 0.533. The summed E-state index contributed by atoms with van der Waals surface area (Å²) < 4.78 is 5.36. The van der Waals surface area contributed by atoms with Gasteiger partial charge in [-0.15, -0.1) is 0 Å². The molecule has 22 heavy (non-hydrogen) atoms. The second kappa shape index (κ2) is 7.33. The van der Waals surface area contributed by atoms with Crippen molar-refractivity contribution in [2.45, 2.75) is 19.4 Å². The highest BCUT2D eigenvalue weighted by molar-refractivity contribution is 5.82. The van der Waals surface area contributed by atoms with Gasteiger partial charge in [-0.3, -0.25) is 14.9 Å². The third kappa shape index (κ3) is 3.80. The molecule has 1 aromatic carbocycles. The highest BCUT2D eigenvalue weighted by Crippen LogP contribution is 2.24. The number of nitro groups is 1. The summed E-state index contributed by atoms with van der Waals surface area (Å²) in [6.45, 7) is 4.28. The lowest BCUT2D eigenvalue weighted by Crippen LogP contribution is -2.33. The van der Waals surface area contributed by atoms with Crippen LogP contribution in [0.4, 0.5) is 5.69 Å². The number of aliphatic hydroxyl groups is 1. The molecule has 1 fully saturated rings. The Morgan fingerprint density at radius 2 is 2.36 bits per heavy atom. The Bertz CT molecular complexity index is 548. The molecular weight excluding hydrogens is 288 g/mol. The Morgan fingerprint density at radius 1 is 1.59 bits per heavy atom. The average molecular weight is 308 g/mol. The Kier molecular flexibility index (Phi) is 5.46. The average Bonchev–Trinajstić information content (AvgIpc) is 3.00. The molecule has 1 amide bonds. The summed E-state index contributed by atoms with van der Waals surface area (Å²) in [6, 6.07) is 5.54. The fourth-order valence-corrected chi connectivity index (χ4v) is 2.58. The maximum atomic E-state index is 12.3. The van der Waals surface area contributed by atoms with Crippen molar-refractivity contribution in [1.82, 2.24) is 4.90 Å². The molecule has 120 valence electrons. The normalized spacial score (nSPS) is 19.2. The number of ether oxygens (including phenoxy) is 1. The lowest BCUT2D eigenvalue weighted by atomic mass is 10.1. The van der Waals surface area contributed by atoms with E-state index in [1.807, 2.05) is 6.92 Å². The van der Waals surface area contributed by atoms with E-state index in [9.17, 15) is 20.0 Å². The van der Waals surface area contributed by atoms with Gasteiger partial charge in [-0.05, 0) is 18.9 Å². The molecule has 1 aromatic rings. The van der Waals surface area contributed by atoms with Gasteiger partial charge in [0, 0.05) is 37.7 Å². The third-order valence-corrected chi connectivity index (χ3v) is 3.79. The summed E-state index contributed by atoms with van der Waals surface area (Å²) in [4.78, 5) is 24.1. The van der Waals surface area contributed by atoms with Crippen LogP contribution in [-0.2, 0) is 9.53 Å². The molecule has 0 saturated carbocycles. The summed E-state index contributed by atoms with van der Waals surface area (Å²) in [7, 11) is 0. The number of amides is 1. The number of carbonyl (C=O) groups excluding carboxylic acids is 1. The number of hydrogen-bond acceptors (Lipinski definition) is 5. The number of hydrogen-bond donors (Lipinski definition) is 1. The highest BCUT2D eigenvalue weighted by atomic mass is 16.6. The lowest BCUT2D eigenvalue weighted by molar-refractivity contribution is -0.385. The first-order chi connectivity index (χ1) is 10.5. The first-order valence-corrected chi connectivity index (χ1v) is 7.32. The summed E-state index contributed by atoms with van der Waals surface area (Å²) in [5, 5.41) is 20.9. The zero-order chi connectivity index (χ0) is 16.1. The minimum atomic E-state index is -1.37. The smallest absolute Gasteiger partial charge is 0.269 e. The fourth-order valence-electron chi connectivity index (χ4n) is 2.58. The van der Waals surface area contributed by atoms with Crippen LogP contribution in [0.3, 0.4) is 0 Å². The van der Waals surface area contributed by atoms with Crippen molar-refractivity contribution in [2.24, 2.45) is 5.92 Å². The number of aliphatic hydroxyl groups excluding tert-OH is 1. The Morgan fingerprint density at radius 3 is 3.05 bits per heavy atom. The molecule has 7 heteroatoms. The van der Waals surface area contributed by atoms with Crippen molar-refractivity contribution < 1.29 is 19.6 Å². The molecule has 1 N–H and O–H groups in total. The first kappa shape index (κ1) is 16.4. The van der Waals surface area contributed by atoms with Gasteiger partial charge in [0.25, 0.3) is 11.6 Å². The molecule has 0 aliphatic carbocycles. The van der Waals surface area contributed by atoms with Gasteiger partial charge in [0.1, 0.15) is 0 Å². The van der Waals surface area contributed by atoms with Crippen LogP contribution in [0.1, 0.15) is 25.0 Å². The zero-order valence-electron chi connectivity index (χ0n) is 12.5. The van der Waals surface area contributed by atoms with Crippen molar-refractivity contribution in [3.8, 4) is 0 Å². The second-order valence-corrected chi connectivity index (χ2v) is 5.35. The van der Waals surface area contributed by atoms with Gasteiger partial charge < -0.3 is 14.7 Å². The summed E-state index contributed by atoms with van der Waals surface area (Å²) in [5.74, 6) is -0.138. The van der Waals surface area contributed by atoms with Crippen LogP contribution in [0.5, 0.6) is 0 Å². The van der Waals surface area contributed by atoms with Crippen molar-refractivity contribution in [3.63, 3.8) is 0 Å². The van der Waals surface area contributed by atoms with Gasteiger partial charge in [-0.25, -0.2) is 0 Å². The van der Waals surface area contributed by atoms with E-state index in [2.05, 4.69) is 0 Å². The lowest BCUT2D eigenvalue weighted by Gasteiger charge is -2.20. The standard InChI is InChI=1S/C15H20N2O5/c1-2-22-10-11-6-7-16(9-11)15(19)14(18)12-4-3-5-13(8-12)17(20)21/h3-5,8,11,14,18H,2,6-7,9-10H2,1H3/t11-,14-/m0/s1. The van der Waals surface area contributed by atoms with E-state index in [0.717, 1.165) is 6.42 Å². The van der Waals surface area contributed by atoms with E-state index in [-0.39, 0.29) is 17.2 Å². The monoisotopic (exact) mass is 308 g/mol. The molecule has 0 radical (unpaired) electrons. The van der Waals surface area contributed by atoms with Crippen LogP contribution in [0.15, 0.2) is 24.3 Å². The van der Waals surface area contributed by atoms with Crippen LogP contribution in [0, 0.1) is 16.0 Å². The van der Waals surface area contributed by atoms with Crippen molar-refractivity contribution in [3.05, 3.63) is 39.9 Å². The van der Waals surface area contributed by atoms with E-state index < -0.39 is 16.9 Å². The van der Waals surface area contributed by atoms with Gasteiger partial charge in [0.05, 0.1) is 11.5 Å². The quantitative estimate of drug-likeness (QED) is 0.635. The van der Waals surface area contributed by atoms with Gasteiger partial charge in [0.15, 0.2) is 6.10 Å². The Labute approximate surface area is 128 Å². The number of carbonyl (C=O) groups is 1. The summed E-state index contributed by atoms with van der Waals surface area (Å²) in [6.07, 6.45) is -0.529. The molecule has 2 rings (SSSR count). The van der Waals surface area contributed by atoms with Gasteiger partial charge in [-0.2, -0.15) is 0 Å². The van der Waals surface area contributed by atoms with Crippen LogP contribution in [0.2, 0.25) is 0 Å². The van der Waals surface area contributed by atoms with Crippen LogP contribution in [0.25, 0.3) is 0 Å². The SMILES string of the molecule is CCOC[C@H]1CCN(C(=O)[C@@H](O)c2cccc([N+](=O)[O-])c2)C1. The molecule has 2 atom stereocenters. The number of nitro benzene ring substituents is 1. The molecule has 0 bridgehead atoms. The van der Waals surface area contributed by atoms with Gasteiger partial charge in [-0.1, -0.05) is 12.1 Å². The molecule has 1 aliphatic rings. The summed E-state index contributed by atoms with van der Waals surface area (Å²) in [5.41, 5.74) is 0.104. The molecule has 1 saturated heterocycles. The van der Waals surface area contributed by atoms with E-state index in [1.54, 1.807) is 4.90 Å². The first-order valence-electron chi connectivity index (χ1n) is 7.32. The molecule has 7 nitrogen and oxygen atoms in total. The maximum absolute atomic E-state index is 12.3. The van der Waals surface area contributed by atoms with Crippen LogP contribution in [-0.4, -0.2) is 47.1 Å². The molecule has 0 unspecified atom stereocenters. The van der Waals surface area contributed by atoms with Gasteiger partial charge >= 0.3 is 0 Å². The number of benzene rings is 1. The van der Waals surface area contributed by atoms with Crippen LogP contribution >= 0.6 is 0 Å². The summed E-state index contributed by atoms with van der Waals surface area (Å²) >= 11 is 0. The minimum absolute atomic E-state index is 0.139. The van der Waals surface area contributed by atoms with Crippen LogP contribution < -0.4 is 0 Å².